The molecule has 0 spiro atoms. The molecule has 0 heterocycles. The number of allylic oxidation sites excluding steroid dienone is 12. The average molecular weight is 409 g/mol. The molecule has 0 saturated heterocycles. The molecule has 2 heteroatoms. The lowest BCUT2D eigenvalue weighted by molar-refractivity contribution is -0.116. The van der Waals surface area contributed by atoms with Crippen molar-refractivity contribution < 1.29 is 9.59 Å². The van der Waals surface area contributed by atoms with Gasteiger partial charge in [-0.3, -0.25) is 9.59 Å². The maximum Gasteiger partial charge on any atom is 0.185 e. The zero-order valence-electron chi connectivity index (χ0n) is 20.3. The Hall–Kier alpha value is -2.22. The molecule has 0 aromatic carbocycles. The Balaban J connectivity index is 3.09. The van der Waals surface area contributed by atoms with E-state index < -0.39 is 0 Å². The lowest BCUT2D eigenvalue weighted by atomic mass is 9.81. The van der Waals surface area contributed by atoms with Crippen LogP contribution in [0.2, 0.25) is 0 Å². The lowest BCUT2D eigenvalue weighted by Gasteiger charge is -2.21. The molecule has 0 fully saturated rings. The van der Waals surface area contributed by atoms with E-state index >= 15 is 0 Å². The van der Waals surface area contributed by atoms with Gasteiger partial charge in [0.05, 0.1) is 0 Å². The topological polar surface area (TPSA) is 34.1 Å². The van der Waals surface area contributed by atoms with Crippen molar-refractivity contribution in [2.45, 2.75) is 87.5 Å². The minimum atomic E-state index is -0.0605. The van der Waals surface area contributed by atoms with Crippen molar-refractivity contribution in [3.63, 3.8) is 0 Å². The molecule has 0 bridgehead atoms. The van der Waals surface area contributed by atoms with Gasteiger partial charge in [-0.15, -0.1) is 0 Å². The smallest absolute Gasteiger partial charge is 0.185 e. The third-order valence-corrected chi connectivity index (χ3v) is 5.61. The second-order valence-electron chi connectivity index (χ2n) is 9.09. The van der Waals surface area contributed by atoms with Gasteiger partial charge in [-0.05, 0) is 93.6 Å². The molecule has 1 aliphatic rings. The van der Waals surface area contributed by atoms with E-state index in [0.29, 0.717) is 16.7 Å². The van der Waals surface area contributed by atoms with Crippen molar-refractivity contribution in [2.75, 3.05) is 0 Å². The second-order valence-corrected chi connectivity index (χ2v) is 9.09. The minimum Gasteiger partial charge on any atom is -0.290 e. The third-order valence-electron chi connectivity index (χ3n) is 5.61. The summed E-state index contributed by atoms with van der Waals surface area (Å²) in [5.41, 5.74) is 7.04. The summed E-state index contributed by atoms with van der Waals surface area (Å²) in [4.78, 5) is 25.4. The van der Waals surface area contributed by atoms with Crippen LogP contribution in [-0.2, 0) is 9.59 Å². The lowest BCUT2D eigenvalue weighted by Crippen LogP contribution is -2.21. The Kier molecular flexibility index (Phi) is 10.7. The first-order valence-electron chi connectivity index (χ1n) is 11.1. The summed E-state index contributed by atoms with van der Waals surface area (Å²) in [6.45, 7) is 16.2. The van der Waals surface area contributed by atoms with Crippen LogP contribution in [-0.4, -0.2) is 11.6 Å². The largest absolute Gasteiger partial charge is 0.290 e. The highest BCUT2D eigenvalue weighted by atomic mass is 16.1. The molecule has 30 heavy (non-hydrogen) atoms. The third kappa shape index (κ3) is 8.65. The van der Waals surface area contributed by atoms with Gasteiger partial charge in [0.25, 0.3) is 0 Å². The summed E-state index contributed by atoms with van der Waals surface area (Å²) < 4.78 is 0. The standard InChI is InChI=1S/C28H40O2/c1-19(2)11-9-13-21(5)15-16-25(17-22(6)14-10-12-20(3)4)26-18-27(29)23(7)24(8)28(26)30/h11-12,15,17-18,25H,9-10,13-14,16H2,1-8H3. The molecule has 0 aromatic heterocycles. The molecular weight excluding hydrogens is 368 g/mol. The van der Waals surface area contributed by atoms with E-state index in [-0.39, 0.29) is 17.5 Å². The van der Waals surface area contributed by atoms with Gasteiger partial charge in [0, 0.05) is 22.6 Å². The van der Waals surface area contributed by atoms with Gasteiger partial charge in [0.2, 0.25) is 0 Å². The minimum absolute atomic E-state index is 0.0149. The fraction of sp³-hybridized carbons (Fsp3) is 0.500. The van der Waals surface area contributed by atoms with E-state index in [9.17, 15) is 9.59 Å². The maximum absolute atomic E-state index is 13.0. The zero-order valence-corrected chi connectivity index (χ0v) is 20.3. The van der Waals surface area contributed by atoms with Crippen LogP contribution in [0.25, 0.3) is 0 Å². The van der Waals surface area contributed by atoms with Crippen molar-refractivity contribution in [3.8, 4) is 0 Å². The van der Waals surface area contributed by atoms with E-state index in [1.54, 1.807) is 19.9 Å². The number of hydrogen-bond acceptors (Lipinski definition) is 2. The highest BCUT2D eigenvalue weighted by molar-refractivity contribution is 6.22. The predicted octanol–water partition coefficient (Wildman–Crippen LogP) is 7.79. The molecule has 1 rings (SSSR count). The van der Waals surface area contributed by atoms with Crippen LogP contribution in [0.1, 0.15) is 87.5 Å². The van der Waals surface area contributed by atoms with Crippen molar-refractivity contribution in [3.05, 3.63) is 69.4 Å². The molecule has 0 aromatic rings. The summed E-state index contributed by atoms with van der Waals surface area (Å²) in [5, 5.41) is 0. The molecule has 0 amide bonds. The highest BCUT2D eigenvalue weighted by Crippen LogP contribution is 2.29. The van der Waals surface area contributed by atoms with Crippen molar-refractivity contribution >= 4 is 11.6 Å². The average Bonchev–Trinajstić information content (AvgIpc) is 2.65. The van der Waals surface area contributed by atoms with Crippen LogP contribution < -0.4 is 0 Å². The maximum atomic E-state index is 13.0. The number of rotatable bonds is 10. The fourth-order valence-corrected chi connectivity index (χ4v) is 3.48. The Morgan fingerprint density at radius 3 is 1.87 bits per heavy atom. The summed E-state index contributed by atoms with van der Waals surface area (Å²) in [6.07, 6.45) is 15.3. The van der Waals surface area contributed by atoms with E-state index in [2.05, 4.69) is 65.8 Å². The van der Waals surface area contributed by atoms with Crippen LogP contribution in [0, 0.1) is 5.92 Å². The molecule has 0 radical (unpaired) electrons. The van der Waals surface area contributed by atoms with E-state index in [1.807, 2.05) is 0 Å². The van der Waals surface area contributed by atoms with Gasteiger partial charge in [-0.25, -0.2) is 0 Å². The number of carbonyl (C=O) groups is 2. The Labute approximate surface area is 184 Å². The Bertz CT molecular complexity index is 830. The number of Topliss-reactive ketones (excluding diaryl/α,β-unsaturated/α-hetero) is 1. The number of hydrogen-bond donors (Lipinski definition) is 0. The van der Waals surface area contributed by atoms with Crippen molar-refractivity contribution in [1.29, 1.82) is 0 Å². The van der Waals surface area contributed by atoms with E-state index in [0.717, 1.165) is 32.1 Å². The van der Waals surface area contributed by atoms with Gasteiger partial charge in [0.15, 0.2) is 11.6 Å². The number of carbonyl (C=O) groups excluding carboxylic acids is 2. The van der Waals surface area contributed by atoms with Gasteiger partial charge >= 0.3 is 0 Å². The number of ketones is 2. The normalized spacial score (nSPS) is 16.5. The molecule has 1 unspecified atom stereocenters. The zero-order chi connectivity index (χ0) is 22.8. The van der Waals surface area contributed by atoms with Crippen LogP contribution in [0.5, 0.6) is 0 Å². The van der Waals surface area contributed by atoms with Crippen molar-refractivity contribution in [1.82, 2.24) is 0 Å². The molecule has 0 aliphatic heterocycles. The van der Waals surface area contributed by atoms with Crippen LogP contribution in [0.3, 0.4) is 0 Å². The molecule has 1 aliphatic carbocycles. The molecule has 164 valence electrons. The van der Waals surface area contributed by atoms with Crippen molar-refractivity contribution in [2.24, 2.45) is 5.92 Å². The summed E-state index contributed by atoms with van der Waals surface area (Å²) in [7, 11) is 0. The second kappa shape index (κ2) is 12.5. The van der Waals surface area contributed by atoms with Crippen LogP contribution >= 0.6 is 0 Å². The van der Waals surface area contributed by atoms with Gasteiger partial charge in [-0.2, -0.15) is 0 Å². The van der Waals surface area contributed by atoms with E-state index in [4.69, 9.17) is 0 Å². The Morgan fingerprint density at radius 2 is 1.33 bits per heavy atom. The fourth-order valence-electron chi connectivity index (χ4n) is 3.48. The van der Waals surface area contributed by atoms with Gasteiger partial charge < -0.3 is 0 Å². The summed E-state index contributed by atoms with van der Waals surface area (Å²) in [5.74, 6) is -0.0809. The summed E-state index contributed by atoms with van der Waals surface area (Å²) >= 11 is 0. The first kappa shape index (κ1) is 25.8. The van der Waals surface area contributed by atoms with Gasteiger partial charge in [-0.1, -0.05) is 46.6 Å². The van der Waals surface area contributed by atoms with E-state index in [1.165, 1.54) is 22.3 Å². The first-order chi connectivity index (χ1) is 14.0. The van der Waals surface area contributed by atoms with Crippen LogP contribution in [0.15, 0.2) is 69.4 Å². The van der Waals surface area contributed by atoms with Gasteiger partial charge in [0.1, 0.15) is 0 Å². The molecule has 0 N–H and O–H groups in total. The quantitative estimate of drug-likeness (QED) is 0.273. The predicted molar refractivity (Wildman–Crippen MR) is 129 cm³/mol. The SMILES string of the molecule is CC(C)=CCCC(C)=CCC(C=C(C)CCC=C(C)C)C1=CC(=O)C(C)=C(C)C1=O. The molecule has 1 atom stereocenters. The molecule has 0 saturated carbocycles. The first-order valence-corrected chi connectivity index (χ1v) is 11.1. The highest BCUT2D eigenvalue weighted by Gasteiger charge is 2.27. The summed E-state index contributed by atoms with van der Waals surface area (Å²) in [6, 6.07) is 0. The van der Waals surface area contributed by atoms with Crippen LogP contribution in [0.4, 0.5) is 0 Å². The monoisotopic (exact) mass is 408 g/mol. The Morgan fingerprint density at radius 1 is 0.800 bits per heavy atom. The molecule has 2 nitrogen and oxygen atoms in total. The molecular formula is C28H40O2.